The summed E-state index contributed by atoms with van der Waals surface area (Å²) in [6, 6.07) is 5.15. The molecule has 10 heteroatoms. The lowest BCUT2D eigenvalue weighted by Gasteiger charge is -2.40. The Labute approximate surface area is 191 Å². The molecule has 1 aromatic carbocycles. The van der Waals surface area contributed by atoms with Crippen molar-refractivity contribution in [3.63, 3.8) is 0 Å². The number of anilines is 1. The van der Waals surface area contributed by atoms with Crippen molar-refractivity contribution in [2.24, 2.45) is 10.9 Å². The first-order chi connectivity index (χ1) is 15.0. The highest BCUT2D eigenvalue weighted by Crippen LogP contribution is 2.39. The molecule has 1 saturated heterocycles. The molecule has 1 unspecified atom stereocenters. The zero-order chi connectivity index (χ0) is 23.3. The molecule has 8 nitrogen and oxygen atoms in total. The van der Waals surface area contributed by atoms with E-state index in [0.29, 0.717) is 27.7 Å². The SMILES string of the molecule is CC#CC1C=NC2=C(C1)S(=O)(=O)C=C2Nc1ccc(Cl)c([C@]2(C)CC(=O)N(C)C(=N)N2)c1. The third-order valence-corrected chi connectivity index (χ3v) is 7.63. The van der Waals surface area contributed by atoms with Gasteiger partial charge in [-0.25, -0.2) is 8.42 Å². The van der Waals surface area contributed by atoms with E-state index < -0.39 is 15.4 Å². The molecular formula is C22H22ClN5O3S. The van der Waals surface area contributed by atoms with Gasteiger partial charge in [-0.3, -0.25) is 20.1 Å². The van der Waals surface area contributed by atoms with Crippen molar-refractivity contribution in [3.05, 3.63) is 50.5 Å². The van der Waals surface area contributed by atoms with Gasteiger partial charge in [0, 0.05) is 30.4 Å². The zero-order valence-corrected chi connectivity index (χ0v) is 19.4. The second kappa shape index (κ2) is 7.80. The molecule has 1 amide bonds. The predicted octanol–water partition coefficient (Wildman–Crippen LogP) is 2.95. The van der Waals surface area contributed by atoms with Crippen molar-refractivity contribution in [1.82, 2.24) is 10.2 Å². The fraction of sp³-hybridized carbons (Fsp3) is 0.318. The Morgan fingerprint density at radius 1 is 1.41 bits per heavy atom. The maximum Gasteiger partial charge on any atom is 0.231 e. The van der Waals surface area contributed by atoms with Crippen molar-refractivity contribution in [1.29, 1.82) is 5.41 Å². The van der Waals surface area contributed by atoms with Gasteiger partial charge in [0.05, 0.1) is 33.9 Å². The van der Waals surface area contributed by atoms with Crippen molar-refractivity contribution < 1.29 is 13.2 Å². The summed E-state index contributed by atoms with van der Waals surface area (Å²) in [6.07, 6.45) is 2.07. The Kier molecular flexibility index (Phi) is 5.39. The Morgan fingerprint density at radius 2 is 2.16 bits per heavy atom. The second-order valence-electron chi connectivity index (χ2n) is 8.09. The number of sulfone groups is 1. The van der Waals surface area contributed by atoms with Crippen LogP contribution in [0.15, 0.2) is 44.9 Å². The van der Waals surface area contributed by atoms with Crippen LogP contribution in [0.25, 0.3) is 0 Å². The average molecular weight is 472 g/mol. The summed E-state index contributed by atoms with van der Waals surface area (Å²) in [7, 11) is -2.04. The fourth-order valence-corrected chi connectivity index (χ4v) is 5.77. The standard InChI is InChI=1S/C22H22ClN5O3S/c1-4-5-13-8-18-20(25-11-13)17(12-32(18,30)31)26-14-6-7-16(23)15(9-14)22(2)10-19(29)28(3)21(24)27-22/h6-7,9,11-13,26H,8,10H2,1-3H3,(H2,24,27)/t13?,22-/m0/s1. The normalized spacial score (nSPS) is 26.2. The molecular weight excluding hydrogens is 450 g/mol. The first kappa shape index (κ1) is 22.1. The maximum absolute atomic E-state index is 12.7. The van der Waals surface area contributed by atoms with Crippen LogP contribution in [0.1, 0.15) is 32.3 Å². The highest BCUT2D eigenvalue weighted by molar-refractivity contribution is 7.98. The molecule has 0 spiro atoms. The zero-order valence-electron chi connectivity index (χ0n) is 17.8. The van der Waals surface area contributed by atoms with Gasteiger partial charge in [-0.15, -0.1) is 5.92 Å². The Bertz CT molecular complexity index is 1280. The van der Waals surface area contributed by atoms with E-state index in [0.717, 1.165) is 0 Å². The van der Waals surface area contributed by atoms with E-state index in [2.05, 4.69) is 27.5 Å². The van der Waals surface area contributed by atoms with Crippen molar-refractivity contribution >= 4 is 45.2 Å². The Hall–Kier alpha value is -3.09. The first-order valence-electron chi connectivity index (χ1n) is 9.91. The third kappa shape index (κ3) is 3.80. The van der Waals surface area contributed by atoms with Gasteiger partial charge in [0.2, 0.25) is 5.91 Å². The van der Waals surface area contributed by atoms with Crippen LogP contribution >= 0.6 is 11.6 Å². The topological polar surface area (TPSA) is 115 Å². The van der Waals surface area contributed by atoms with Gasteiger partial charge < -0.3 is 10.6 Å². The summed E-state index contributed by atoms with van der Waals surface area (Å²) in [5.41, 5.74) is 1.09. The molecule has 1 fully saturated rings. The number of carbonyl (C=O) groups excluding carboxylic acids is 1. The molecule has 32 heavy (non-hydrogen) atoms. The number of hydrogen-bond acceptors (Lipinski definition) is 6. The van der Waals surface area contributed by atoms with E-state index in [4.69, 9.17) is 17.0 Å². The summed E-state index contributed by atoms with van der Waals surface area (Å²) in [6.45, 7) is 3.51. The number of guanidine groups is 1. The van der Waals surface area contributed by atoms with E-state index in [9.17, 15) is 13.2 Å². The van der Waals surface area contributed by atoms with Gasteiger partial charge in [-0.1, -0.05) is 17.5 Å². The summed E-state index contributed by atoms with van der Waals surface area (Å²) in [5.74, 6) is 5.30. The largest absolute Gasteiger partial charge is 0.353 e. The number of aliphatic imine (C=N–C) groups is 1. The first-order valence-corrected chi connectivity index (χ1v) is 11.8. The number of nitrogens with one attached hydrogen (secondary N) is 3. The van der Waals surface area contributed by atoms with Gasteiger partial charge in [0.25, 0.3) is 0 Å². The lowest BCUT2D eigenvalue weighted by atomic mass is 9.86. The highest BCUT2D eigenvalue weighted by Gasteiger charge is 2.39. The summed E-state index contributed by atoms with van der Waals surface area (Å²) >= 11 is 6.45. The van der Waals surface area contributed by atoms with Gasteiger partial charge in [-0.2, -0.15) is 0 Å². The van der Waals surface area contributed by atoms with Crippen LogP contribution in [0.2, 0.25) is 5.02 Å². The summed E-state index contributed by atoms with van der Waals surface area (Å²) < 4.78 is 25.4. The molecule has 2 atom stereocenters. The molecule has 166 valence electrons. The van der Waals surface area contributed by atoms with Gasteiger partial charge in [0.1, 0.15) is 5.70 Å². The lowest BCUT2D eigenvalue weighted by molar-refractivity contribution is -0.129. The van der Waals surface area contributed by atoms with Gasteiger partial charge in [0.15, 0.2) is 15.8 Å². The van der Waals surface area contributed by atoms with Crippen LogP contribution in [0.5, 0.6) is 0 Å². The van der Waals surface area contributed by atoms with Crippen molar-refractivity contribution in [2.75, 3.05) is 12.4 Å². The van der Waals surface area contributed by atoms with E-state index in [1.807, 2.05) is 0 Å². The molecule has 3 N–H and O–H groups in total. The molecule has 0 aromatic heterocycles. The number of benzene rings is 1. The molecule has 0 aliphatic carbocycles. The minimum Gasteiger partial charge on any atom is -0.353 e. The number of rotatable bonds is 3. The maximum atomic E-state index is 12.7. The molecule has 1 aromatic rings. The minimum absolute atomic E-state index is 0.0150. The smallest absolute Gasteiger partial charge is 0.231 e. The number of amides is 1. The average Bonchev–Trinajstić information content (AvgIpc) is 2.97. The molecule has 0 bridgehead atoms. The molecule has 4 rings (SSSR count). The predicted molar refractivity (Wildman–Crippen MR) is 125 cm³/mol. The fourth-order valence-electron chi connectivity index (χ4n) is 3.98. The Morgan fingerprint density at radius 3 is 2.84 bits per heavy atom. The van der Waals surface area contributed by atoms with Crippen LogP contribution in [0, 0.1) is 23.2 Å². The van der Waals surface area contributed by atoms with E-state index in [1.165, 1.54) is 17.4 Å². The quantitative estimate of drug-likeness (QED) is 0.586. The monoisotopic (exact) mass is 471 g/mol. The lowest BCUT2D eigenvalue weighted by Crippen LogP contribution is -2.58. The summed E-state index contributed by atoms with van der Waals surface area (Å²) in [4.78, 5) is 18.2. The molecule has 3 heterocycles. The van der Waals surface area contributed by atoms with Gasteiger partial charge in [-0.05, 0) is 37.6 Å². The molecule has 3 aliphatic rings. The van der Waals surface area contributed by atoms with Crippen molar-refractivity contribution in [2.45, 2.75) is 32.2 Å². The molecule has 0 radical (unpaired) electrons. The number of allylic oxidation sites excluding steroid dienone is 1. The minimum atomic E-state index is -3.58. The van der Waals surface area contributed by atoms with Crippen LogP contribution in [0.3, 0.4) is 0 Å². The number of nitrogens with zero attached hydrogens (tertiary/aromatic N) is 2. The number of hydrogen-bond donors (Lipinski definition) is 3. The molecule has 3 aliphatic heterocycles. The third-order valence-electron chi connectivity index (χ3n) is 5.70. The number of carbonyl (C=O) groups is 1. The highest BCUT2D eigenvalue weighted by atomic mass is 35.5. The Balaban J connectivity index is 1.66. The van der Waals surface area contributed by atoms with Gasteiger partial charge >= 0.3 is 0 Å². The number of halogens is 1. The van der Waals surface area contributed by atoms with E-state index in [1.54, 1.807) is 38.3 Å². The second-order valence-corrected chi connectivity index (χ2v) is 10.3. The van der Waals surface area contributed by atoms with Crippen LogP contribution < -0.4 is 10.6 Å². The van der Waals surface area contributed by atoms with Crippen molar-refractivity contribution in [3.8, 4) is 11.8 Å². The van der Waals surface area contributed by atoms with E-state index in [-0.39, 0.29) is 35.5 Å². The summed E-state index contributed by atoms with van der Waals surface area (Å²) in [5, 5.41) is 15.8. The van der Waals surface area contributed by atoms with Crippen LogP contribution in [-0.2, 0) is 20.2 Å². The van der Waals surface area contributed by atoms with E-state index >= 15 is 0 Å². The van der Waals surface area contributed by atoms with Crippen LogP contribution in [-0.4, -0.2) is 38.4 Å². The molecule has 0 saturated carbocycles. The van der Waals surface area contributed by atoms with Crippen LogP contribution in [0.4, 0.5) is 5.69 Å².